The standard InChI is InChI=1S/C40H59FN8O6S/c1-29(2)49(30(3)4)37(50)33-23-32(41)9-10-34(33)54-35-24-42-28-43-36(35)46-26-40(27-46)13-19-44(20-14-40)25-31-11-17-48(18-12-31)56(52,53)47-16-8-15-45(21-22-47)38(51)55-39(5,6)7/h9-11,23-24,28-30H,8,12-22,25-27H2,1-7H3. The highest BCUT2D eigenvalue weighted by Gasteiger charge is 2.46. The van der Waals surface area contributed by atoms with Crippen LogP contribution in [0.25, 0.3) is 0 Å². The Labute approximate surface area is 331 Å². The van der Waals surface area contributed by atoms with Crippen molar-refractivity contribution in [3.8, 4) is 11.5 Å². The van der Waals surface area contributed by atoms with Crippen molar-refractivity contribution in [2.75, 3.05) is 76.9 Å². The fourth-order valence-electron chi connectivity index (χ4n) is 8.25. The van der Waals surface area contributed by atoms with Crippen molar-refractivity contribution in [2.45, 2.75) is 91.8 Å². The van der Waals surface area contributed by atoms with Crippen LogP contribution in [0.15, 0.2) is 42.4 Å². The molecule has 0 aliphatic carbocycles. The first-order valence-corrected chi connectivity index (χ1v) is 21.3. The predicted molar refractivity (Wildman–Crippen MR) is 212 cm³/mol. The maximum atomic E-state index is 14.4. The zero-order valence-electron chi connectivity index (χ0n) is 34.0. The van der Waals surface area contributed by atoms with Gasteiger partial charge >= 0.3 is 6.09 Å². The molecule has 5 heterocycles. The molecule has 3 saturated heterocycles. The number of nitrogens with zero attached hydrogens (tertiary/aromatic N) is 8. The molecule has 1 spiro atoms. The fraction of sp³-hybridized carbons (Fsp3) is 0.650. The second-order valence-corrected chi connectivity index (χ2v) is 19.1. The van der Waals surface area contributed by atoms with Crippen LogP contribution in [-0.4, -0.2) is 143 Å². The molecule has 0 N–H and O–H groups in total. The van der Waals surface area contributed by atoms with Gasteiger partial charge in [-0.15, -0.1) is 0 Å². The molecule has 0 atom stereocenters. The fourth-order valence-corrected chi connectivity index (χ4v) is 9.83. The third kappa shape index (κ3) is 9.63. The number of rotatable bonds is 10. The Morgan fingerprint density at radius 1 is 0.946 bits per heavy atom. The van der Waals surface area contributed by atoms with Gasteiger partial charge in [0.15, 0.2) is 11.6 Å². The highest BCUT2D eigenvalue weighted by atomic mass is 32.2. The van der Waals surface area contributed by atoms with E-state index in [1.54, 1.807) is 20.3 Å². The first-order valence-electron chi connectivity index (χ1n) is 19.9. The summed E-state index contributed by atoms with van der Waals surface area (Å²) >= 11 is 0. The predicted octanol–water partition coefficient (Wildman–Crippen LogP) is 5.39. The van der Waals surface area contributed by atoms with Gasteiger partial charge in [0, 0.05) is 76.4 Å². The molecule has 0 radical (unpaired) electrons. The molecule has 4 aliphatic heterocycles. The van der Waals surface area contributed by atoms with Crippen LogP contribution in [0.1, 0.15) is 84.5 Å². The van der Waals surface area contributed by atoms with Gasteiger partial charge in [-0.1, -0.05) is 11.6 Å². The molecule has 6 rings (SSSR count). The van der Waals surface area contributed by atoms with Gasteiger partial charge < -0.3 is 24.2 Å². The second-order valence-electron chi connectivity index (χ2n) is 17.2. The van der Waals surface area contributed by atoms with Crippen LogP contribution < -0.4 is 9.64 Å². The number of carbonyl (C=O) groups is 2. The van der Waals surface area contributed by atoms with E-state index in [9.17, 15) is 22.4 Å². The number of piperidine rings is 1. The smallest absolute Gasteiger partial charge is 0.410 e. The van der Waals surface area contributed by atoms with E-state index in [0.29, 0.717) is 57.1 Å². The Hall–Kier alpha value is -3.86. The maximum absolute atomic E-state index is 14.4. The van der Waals surface area contributed by atoms with E-state index in [2.05, 4.69) is 25.8 Å². The highest BCUT2D eigenvalue weighted by Crippen LogP contribution is 2.45. The van der Waals surface area contributed by atoms with Crippen molar-refractivity contribution < 1.29 is 31.9 Å². The Bertz CT molecular complexity index is 1860. The molecule has 0 saturated carbocycles. The SMILES string of the molecule is CC(C)N(C(=O)c1cc(F)ccc1Oc1cncnc1N1CC2(CCN(CC3=CCN(S(=O)(=O)N4CCCN(C(=O)OC(C)(C)C)CC4)CC3)CC2)C1)C(C)C. The highest BCUT2D eigenvalue weighted by molar-refractivity contribution is 7.86. The number of ether oxygens (including phenoxy) is 2. The molecular formula is C40H59FN8O6S. The molecule has 16 heteroatoms. The normalized spacial score (nSPS) is 20.1. The molecule has 1 aromatic carbocycles. The summed E-state index contributed by atoms with van der Waals surface area (Å²) in [5.74, 6) is 0.509. The zero-order chi connectivity index (χ0) is 40.4. The molecule has 4 aliphatic rings. The van der Waals surface area contributed by atoms with E-state index >= 15 is 0 Å². The van der Waals surface area contributed by atoms with Crippen molar-refractivity contribution >= 4 is 28.0 Å². The molecule has 56 heavy (non-hydrogen) atoms. The van der Waals surface area contributed by atoms with E-state index in [1.165, 1.54) is 34.4 Å². The third-order valence-electron chi connectivity index (χ3n) is 11.1. The lowest BCUT2D eigenvalue weighted by molar-refractivity contribution is 0.0259. The van der Waals surface area contributed by atoms with Gasteiger partial charge in [-0.05, 0) is 105 Å². The molecule has 14 nitrogen and oxygen atoms in total. The van der Waals surface area contributed by atoms with Crippen LogP contribution in [0.5, 0.6) is 11.5 Å². The lowest BCUT2D eigenvalue weighted by Crippen LogP contribution is -2.60. The Morgan fingerprint density at radius 2 is 1.66 bits per heavy atom. The summed E-state index contributed by atoms with van der Waals surface area (Å²) in [6.45, 7) is 19.8. The second kappa shape index (κ2) is 16.9. The van der Waals surface area contributed by atoms with Crippen LogP contribution in [0, 0.1) is 11.2 Å². The van der Waals surface area contributed by atoms with Gasteiger partial charge in [0.2, 0.25) is 0 Å². The molecule has 1 aromatic heterocycles. The molecular weight excluding hydrogens is 740 g/mol. The van der Waals surface area contributed by atoms with Gasteiger partial charge in [0.25, 0.3) is 16.1 Å². The molecule has 0 unspecified atom stereocenters. The summed E-state index contributed by atoms with van der Waals surface area (Å²) in [6, 6.07) is 3.85. The van der Waals surface area contributed by atoms with Crippen molar-refractivity contribution in [2.24, 2.45) is 5.41 Å². The van der Waals surface area contributed by atoms with Crippen LogP contribution in [0.3, 0.4) is 0 Å². The lowest BCUT2D eigenvalue weighted by Gasteiger charge is -2.54. The minimum absolute atomic E-state index is 0.0798. The van der Waals surface area contributed by atoms with E-state index in [1.807, 2.05) is 48.5 Å². The number of benzene rings is 1. The van der Waals surface area contributed by atoms with Crippen molar-refractivity contribution in [3.63, 3.8) is 0 Å². The molecule has 0 bridgehead atoms. The number of carbonyl (C=O) groups excluding carboxylic acids is 2. The van der Waals surface area contributed by atoms with E-state index in [4.69, 9.17) is 9.47 Å². The van der Waals surface area contributed by atoms with E-state index < -0.39 is 27.7 Å². The van der Waals surface area contributed by atoms with Crippen LogP contribution in [-0.2, 0) is 14.9 Å². The number of likely N-dealkylation sites (tertiary alicyclic amines) is 1. The van der Waals surface area contributed by atoms with E-state index in [-0.39, 0.29) is 41.3 Å². The summed E-state index contributed by atoms with van der Waals surface area (Å²) in [4.78, 5) is 42.9. The van der Waals surface area contributed by atoms with Crippen molar-refractivity contribution in [1.29, 1.82) is 0 Å². The molecule has 308 valence electrons. The Morgan fingerprint density at radius 3 is 2.30 bits per heavy atom. The summed E-state index contributed by atoms with van der Waals surface area (Å²) in [5, 5.41) is 0. The number of halogens is 1. The summed E-state index contributed by atoms with van der Waals surface area (Å²) in [5.41, 5.74) is 0.972. The molecule has 3 fully saturated rings. The number of anilines is 1. The molecule has 2 amide bonds. The summed E-state index contributed by atoms with van der Waals surface area (Å²) < 4.78 is 56.5. The van der Waals surface area contributed by atoms with Gasteiger partial charge in [-0.3, -0.25) is 9.69 Å². The van der Waals surface area contributed by atoms with Gasteiger partial charge in [0.1, 0.15) is 23.5 Å². The largest absolute Gasteiger partial charge is 0.451 e. The lowest BCUT2D eigenvalue weighted by atomic mass is 9.72. The average Bonchev–Trinajstić information content (AvgIpc) is 3.39. The monoisotopic (exact) mass is 798 g/mol. The minimum atomic E-state index is -3.65. The average molecular weight is 799 g/mol. The maximum Gasteiger partial charge on any atom is 0.410 e. The number of hydrogen-bond acceptors (Lipinski definition) is 10. The van der Waals surface area contributed by atoms with E-state index in [0.717, 1.165) is 45.6 Å². The van der Waals surface area contributed by atoms with Crippen LogP contribution >= 0.6 is 0 Å². The first-order chi connectivity index (χ1) is 26.4. The summed E-state index contributed by atoms with van der Waals surface area (Å²) in [6.07, 6.45) is 8.06. The molecule has 2 aromatic rings. The number of hydrogen-bond donors (Lipinski definition) is 0. The third-order valence-corrected chi connectivity index (χ3v) is 13.1. The van der Waals surface area contributed by atoms with Gasteiger partial charge in [0.05, 0.1) is 11.8 Å². The first kappa shape index (κ1) is 41.8. The minimum Gasteiger partial charge on any atom is -0.451 e. The van der Waals surface area contributed by atoms with Crippen molar-refractivity contribution in [3.05, 3.63) is 53.8 Å². The zero-order valence-corrected chi connectivity index (χ0v) is 34.9. The number of aromatic nitrogens is 2. The van der Waals surface area contributed by atoms with Crippen molar-refractivity contribution in [1.82, 2.24) is 33.3 Å². The topological polar surface area (TPSA) is 132 Å². The Balaban J connectivity index is 0.999. The van der Waals surface area contributed by atoms with Gasteiger partial charge in [-0.2, -0.15) is 17.0 Å². The van der Waals surface area contributed by atoms with Crippen LogP contribution in [0.2, 0.25) is 0 Å². The van der Waals surface area contributed by atoms with Gasteiger partial charge in [-0.25, -0.2) is 19.2 Å². The quantitative estimate of drug-likeness (QED) is 0.289. The Kier molecular flexibility index (Phi) is 12.6. The van der Waals surface area contributed by atoms with Crippen LogP contribution in [0.4, 0.5) is 15.0 Å². The summed E-state index contributed by atoms with van der Waals surface area (Å²) in [7, 11) is -3.65. The number of amides is 2.